The van der Waals surface area contributed by atoms with Crippen molar-refractivity contribution in [2.24, 2.45) is 11.8 Å². The smallest absolute Gasteiger partial charge is 0.0595 e. The molecule has 1 aliphatic carbocycles. The van der Waals surface area contributed by atoms with Crippen LogP contribution in [0.5, 0.6) is 0 Å². The minimum absolute atomic E-state index is 0. The Morgan fingerprint density at radius 3 is 2.75 bits per heavy atom. The first-order valence-corrected chi connectivity index (χ1v) is 7.57. The van der Waals surface area contributed by atoms with Gasteiger partial charge >= 0.3 is 0 Å². The van der Waals surface area contributed by atoms with Crippen molar-refractivity contribution < 1.29 is 4.74 Å². The molecule has 2 fully saturated rings. The van der Waals surface area contributed by atoms with Crippen molar-refractivity contribution >= 4 is 35.6 Å². The van der Waals surface area contributed by atoms with Crippen molar-refractivity contribution in [2.45, 2.75) is 12.3 Å². The fourth-order valence-electron chi connectivity index (χ4n) is 3.79. The summed E-state index contributed by atoms with van der Waals surface area (Å²) in [6.07, 6.45) is 0. The van der Waals surface area contributed by atoms with E-state index in [0.29, 0.717) is 21.9 Å². The number of likely N-dealkylation sites (tertiary alicyclic amines) is 1. The number of halogens is 3. The lowest BCUT2D eigenvalue weighted by atomic mass is 9.93. The Bertz CT molecular complexity index is 496. The van der Waals surface area contributed by atoms with E-state index in [1.807, 2.05) is 12.1 Å². The molecule has 0 N–H and O–H groups in total. The van der Waals surface area contributed by atoms with Gasteiger partial charge in [-0.1, -0.05) is 29.3 Å². The van der Waals surface area contributed by atoms with Gasteiger partial charge in [0.2, 0.25) is 0 Å². The molecule has 3 atom stereocenters. The Morgan fingerprint density at radius 1 is 1.35 bits per heavy atom. The van der Waals surface area contributed by atoms with Crippen molar-refractivity contribution in [3.05, 3.63) is 33.8 Å². The third-order valence-electron chi connectivity index (χ3n) is 4.70. The molecule has 1 saturated heterocycles. The van der Waals surface area contributed by atoms with Gasteiger partial charge in [-0.3, -0.25) is 0 Å². The second-order valence-corrected chi connectivity index (χ2v) is 6.55. The summed E-state index contributed by atoms with van der Waals surface area (Å²) < 4.78 is 5.65. The van der Waals surface area contributed by atoms with Crippen LogP contribution in [0.2, 0.25) is 10.0 Å². The molecule has 1 aromatic rings. The number of fused-ring (bicyclic) bond motifs is 1. The van der Waals surface area contributed by atoms with Gasteiger partial charge < -0.3 is 9.64 Å². The summed E-state index contributed by atoms with van der Waals surface area (Å²) in [5.41, 5.74) is 1.55. The minimum atomic E-state index is 0. The zero-order valence-electron chi connectivity index (χ0n) is 11.7. The van der Waals surface area contributed by atoms with Crippen LogP contribution in [0.15, 0.2) is 18.2 Å². The Morgan fingerprint density at radius 2 is 2.10 bits per heavy atom. The summed E-state index contributed by atoms with van der Waals surface area (Å²) in [6, 6.07) is 6.09. The van der Waals surface area contributed by atoms with Gasteiger partial charge in [0, 0.05) is 25.1 Å². The second kappa shape index (κ2) is 6.02. The number of benzene rings is 1. The number of ether oxygens (including phenoxy) is 1. The van der Waals surface area contributed by atoms with Gasteiger partial charge in [0.25, 0.3) is 0 Å². The van der Waals surface area contributed by atoms with E-state index in [0.717, 1.165) is 26.3 Å². The standard InChI is InChI=1S/C15H19Cl2NO.ClH/c1-3-19-8-12-11-7-18(2)9-15(11,12)10-4-5-13(16)14(17)6-10;/h4-6,11-12H,3,7-9H2,1-2H3;1H. The van der Waals surface area contributed by atoms with Gasteiger partial charge in [0.15, 0.2) is 0 Å². The summed E-state index contributed by atoms with van der Waals surface area (Å²) in [5, 5.41) is 1.29. The van der Waals surface area contributed by atoms with Crippen molar-refractivity contribution in [3.8, 4) is 0 Å². The normalized spacial score (nSPS) is 31.8. The van der Waals surface area contributed by atoms with E-state index in [1.165, 1.54) is 5.56 Å². The summed E-state index contributed by atoms with van der Waals surface area (Å²) in [5.74, 6) is 1.32. The molecule has 1 heterocycles. The topological polar surface area (TPSA) is 12.5 Å². The summed E-state index contributed by atoms with van der Waals surface area (Å²) in [4.78, 5) is 2.40. The Hall–Kier alpha value is 0.01000. The molecule has 1 saturated carbocycles. The monoisotopic (exact) mass is 335 g/mol. The molecule has 0 radical (unpaired) electrons. The Balaban J connectivity index is 0.00000147. The average molecular weight is 337 g/mol. The molecular weight excluding hydrogens is 317 g/mol. The van der Waals surface area contributed by atoms with Crippen LogP contribution in [0.4, 0.5) is 0 Å². The number of hydrogen-bond acceptors (Lipinski definition) is 2. The van der Waals surface area contributed by atoms with Gasteiger partial charge in [0.1, 0.15) is 0 Å². The average Bonchev–Trinajstić information content (AvgIpc) is 2.80. The first-order valence-electron chi connectivity index (χ1n) is 6.81. The van der Waals surface area contributed by atoms with Crippen LogP contribution in [-0.2, 0) is 10.2 Å². The van der Waals surface area contributed by atoms with Gasteiger partial charge in [-0.15, -0.1) is 12.4 Å². The molecule has 0 amide bonds. The maximum Gasteiger partial charge on any atom is 0.0595 e. The zero-order valence-corrected chi connectivity index (χ0v) is 14.1. The number of likely N-dealkylation sites (N-methyl/N-ethyl adjacent to an activating group) is 1. The number of hydrogen-bond donors (Lipinski definition) is 0. The summed E-state index contributed by atoms with van der Waals surface area (Å²) in [6.45, 7) is 5.94. The molecule has 20 heavy (non-hydrogen) atoms. The molecule has 1 aliphatic heterocycles. The minimum Gasteiger partial charge on any atom is -0.381 e. The van der Waals surface area contributed by atoms with Crippen LogP contribution in [0.25, 0.3) is 0 Å². The lowest BCUT2D eigenvalue weighted by molar-refractivity contribution is 0.120. The van der Waals surface area contributed by atoms with Crippen LogP contribution in [0.1, 0.15) is 12.5 Å². The SMILES string of the molecule is CCOCC1C2CN(C)CC12c1ccc(Cl)c(Cl)c1.Cl. The summed E-state index contributed by atoms with van der Waals surface area (Å²) >= 11 is 12.2. The van der Waals surface area contributed by atoms with Gasteiger partial charge in [0.05, 0.1) is 16.7 Å². The van der Waals surface area contributed by atoms with Crippen molar-refractivity contribution in [3.63, 3.8) is 0 Å². The van der Waals surface area contributed by atoms with E-state index < -0.39 is 0 Å². The van der Waals surface area contributed by atoms with E-state index >= 15 is 0 Å². The summed E-state index contributed by atoms with van der Waals surface area (Å²) in [7, 11) is 2.18. The predicted octanol–water partition coefficient (Wildman–Crippen LogP) is 3.88. The van der Waals surface area contributed by atoms with E-state index in [9.17, 15) is 0 Å². The second-order valence-electron chi connectivity index (χ2n) is 5.74. The lowest BCUT2D eigenvalue weighted by Crippen LogP contribution is -2.27. The highest BCUT2D eigenvalue weighted by molar-refractivity contribution is 6.42. The van der Waals surface area contributed by atoms with E-state index in [4.69, 9.17) is 27.9 Å². The number of nitrogens with zero attached hydrogens (tertiary/aromatic N) is 1. The molecule has 0 bridgehead atoms. The lowest BCUT2D eigenvalue weighted by Gasteiger charge is -2.21. The highest BCUT2D eigenvalue weighted by Gasteiger charge is 2.68. The maximum absolute atomic E-state index is 6.18. The maximum atomic E-state index is 6.18. The quantitative estimate of drug-likeness (QED) is 0.827. The van der Waals surface area contributed by atoms with Gasteiger partial charge in [-0.05, 0) is 43.5 Å². The molecular formula is C15H20Cl3NO. The molecule has 112 valence electrons. The van der Waals surface area contributed by atoms with Crippen LogP contribution < -0.4 is 0 Å². The highest BCUT2D eigenvalue weighted by Crippen LogP contribution is 2.64. The molecule has 0 aromatic heterocycles. The van der Waals surface area contributed by atoms with E-state index in [1.54, 1.807) is 0 Å². The molecule has 0 spiro atoms. The number of rotatable bonds is 4. The van der Waals surface area contributed by atoms with Crippen molar-refractivity contribution in [2.75, 3.05) is 33.4 Å². The van der Waals surface area contributed by atoms with Crippen LogP contribution in [-0.4, -0.2) is 38.3 Å². The Kier molecular flexibility index (Phi) is 4.93. The Labute approximate surface area is 136 Å². The first-order chi connectivity index (χ1) is 9.09. The third-order valence-corrected chi connectivity index (χ3v) is 5.44. The molecule has 3 rings (SSSR count). The van der Waals surface area contributed by atoms with Crippen LogP contribution in [0, 0.1) is 11.8 Å². The predicted molar refractivity (Wildman–Crippen MR) is 86.4 cm³/mol. The van der Waals surface area contributed by atoms with E-state index in [-0.39, 0.29) is 17.8 Å². The van der Waals surface area contributed by atoms with Gasteiger partial charge in [-0.2, -0.15) is 0 Å². The van der Waals surface area contributed by atoms with Gasteiger partial charge in [-0.25, -0.2) is 0 Å². The third kappa shape index (κ3) is 2.46. The first kappa shape index (κ1) is 16.4. The zero-order chi connectivity index (χ0) is 13.6. The van der Waals surface area contributed by atoms with Crippen molar-refractivity contribution in [1.82, 2.24) is 4.90 Å². The molecule has 2 nitrogen and oxygen atoms in total. The van der Waals surface area contributed by atoms with Crippen LogP contribution >= 0.6 is 35.6 Å². The molecule has 1 aromatic carbocycles. The fraction of sp³-hybridized carbons (Fsp3) is 0.600. The fourth-order valence-corrected chi connectivity index (χ4v) is 4.09. The van der Waals surface area contributed by atoms with E-state index in [2.05, 4.69) is 24.9 Å². The van der Waals surface area contributed by atoms with Crippen molar-refractivity contribution in [1.29, 1.82) is 0 Å². The number of piperidine rings is 1. The highest BCUT2D eigenvalue weighted by atomic mass is 35.5. The van der Waals surface area contributed by atoms with Crippen LogP contribution in [0.3, 0.4) is 0 Å². The largest absolute Gasteiger partial charge is 0.381 e. The molecule has 3 unspecified atom stereocenters. The molecule has 5 heteroatoms. The molecule has 2 aliphatic rings.